The van der Waals surface area contributed by atoms with Gasteiger partial charge in [-0.05, 0) is 18.3 Å². The Hall–Kier alpha value is -0.480. The molecule has 1 aliphatic carbocycles. The maximum atomic E-state index is 8.47. The van der Waals surface area contributed by atoms with E-state index in [1.54, 1.807) is 0 Å². The Morgan fingerprint density at radius 1 is 1.23 bits per heavy atom. The standard InChI is InChI=1S/C12H20O/c1-2-3-4-7-11-10-12(11)8-5-6-9-13/h11-13H,2-4,7-10H2,1H3/t11?,12-/m1/s1. The number of hydrogen-bond acceptors (Lipinski definition) is 1. The summed E-state index contributed by atoms with van der Waals surface area (Å²) in [5.41, 5.74) is 0. The molecule has 1 fully saturated rings. The van der Waals surface area contributed by atoms with Crippen LogP contribution in [-0.2, 0) is 0 Å². The van der Waals surface area contributed by atoms with E-state index in [-0.39, 0.29) is 6.61 Å². The van der Waals surface area contributed by atoms with Crippen LogP contribution >= 0.6 is 0 Å². The summed E-state index contributed by atoms with van der Waals surface area (Å²) in [6.07, 6.45) is 7.89. The molecule has 0 aromatic rings. The zero-order valence-corrected chi connectivity index (χ0v) is 8.55. The fourth-order valence-corrected chi connectivity index (χ4v) is 1.83. The highest BCUT2D eigenvalue weighted by Crippen LogP contribution is 2.44. The molecule has 1 heteroatoms. The molecule has 1 aliphatic rings. The fraction of sp³-hybridized carbons (Fsp3) is 0.833. The largest absolute Gasteiger partial charge is 0.384 e. The van der Waals surface area contributed by atoms with Crippen LogP contribution in [-0.4, -0.2) is 11.7 Å². The number of unbranched alkanes of at least 4 members (excludes halogenated alkanes) is 2. The number of hydrogen-bond donors (Lipinski definition) is 1. The van der Waals surface area contributed by atoms with Crippen LogP contribution in [0.25, 0.3) is 0 Å². The Bertz CT molecular complexity index is 187. The molecule has 2 atom stereocenters. The molecule has 0 aromatic heterocycles. The molecule has 1 rings (SSSR count). The second kappa shape index (κ2) is 6.05. The van der Waals surface area contributed by atoms with E-state index < -0.39 is 0 Å². The summed E-state index contributed by atoms with van der Waals surface area (Å²) in [6.45, 7) is 2.27. The van der Waals surface area contributed by atoms with Crippen LogP contribution in [0.2, 0.25) is 0 Å². The van der Waals surface area contributed by atoms with Gasteiger partial charge in [0.1, 0.15) is 6.61 Å². The second-order valence-electron chi connectivity index (χ2n) is 3.97. The molecular formula is C12H20O. The van der Waals surface area contributed by atoms with Crippen molar-refractivity contribution < 1.29 is 5.11 Å². The summed E-state index contributed by atoms with van der Waals surface area (Å²) in [4.78, 5) is 0. The lowest BCUT2D eigenvalue weighted by Crippen LogP contribution is -1.83. The molecule has 0 aromatic carbocycles. The normalized spacial score (nSPS) is 25.1. The predicted molar refractivity (Wildman–Crippen MR) is 55.2 cm³/mol. The van der Waals surface area contributed by atoms with Crippen molar-refractivity contribution in [2.45, 2.75) is 45.4 Å². The lowest BCUT2D eigenvalue weighted by atomic mass is 10.1. The number of aliphatic hydroxyl groups excluding tert-OH is 1. The van der Waals surface area contributed by atoms with Gasteiger partial charge in [0.05, 0.1) is 0 Å². The van der Waals surface area contributed by atoms with Crippen molar-refractivity contribution >= 4 is 0 Å². The van der Waals surface area contributed by atoms with Crippen LogP contribution in [0, 0.1) is 23.7 Å². The van der Waals surface area contributed by atoms with Gasteiger partial charge in [-0.3, -0.25) is 0 Å². The van der Waals surface area contributed by atoms with Crippen LogP contribution in [0.15, 0.2) is 0 Å². The Morgan fingerprint density at radius 3 is 2.77 bits per heavy atom. The lowest BCUT2D eigenvalue weighted by molar-refractivity contribution is 0.350. The molecule has 74 valence electrons. The fourth-order valence-electron chi connectivity index (χ4n) is 1.83. The Kier molecular flexibility index (Phi) is 4.93. The monoisotopic (exact) mass is 180 g/mol. The second-order valence-corrected chi connectivity index (χ2v) is 3.97. The highest BCUT2D eigenvalue weighted by molar-refractivity contribution is 5.03. The number of aliphatic hydroxyl groups is 1. The van der Waals surface area contributed by atoms with Crippen LogP contribution in [0.1, 0.15) is 45.4 Å². The van der Waals surface area contributed by atoms with Crippen molar-refractivity contribution in [1.29, 1.82) is 0 Å². The van der Waals surface area contributed by atoms with E-state index in [0.29, 0.717) is 0 Å². The first-order chi connectivity index (χ1) is 6.38. The van der Waals surface area contributed by atoms with Crippen LogP contribution in [0.3, 0.4) is 0 Å². The van der Waals surface area contributed by atoms with Gasteiger partial charge in [-0.25, -0.2) is 0 Å². The minimum absolute atomic E-state index is 0.0211. The molecule has 1 saturated carbocycles. The van der Waals surface area contributed by atoms with E-state index in [2.05, 4.69) is 18.8 Å². The Balaban J connectivity index is 1.96. The van der Waals surface area contributed by atoms with Crippen molar-refractivity contribution in [3.63, 3.8) is 0 Å². The first-order valence-electron chi connectivity index (χ1n) is 5.45. The van der Waals surface area contributed by atoms with Crippen molar-refractivity contribution in [2.24, 2.45) is 11.8 Å². The molecule has 0 spiro atoms. The molecule has 0 amide bonds. The van der Waals surface area contributed by atoms with Gasteiger partial charge in [0.15, 0.2) is 0 Å². The number of rotatable bonds is 5. The maximum Gasteiger partial charge on any atom is 0.104 e. The molecule has 0 aliphatic heterocycles. The summed E-state index contributed by atoms with van der Waals surface area (Å²) in [5.74, 6) is 7.55. The summed E-state index contributed by atoms with van der Waals surface area (Å²) < 4.78 is 0. The summed E-state index contributed by atoms with van der Waals surface area (Å²) in [5, 5.41) is 8.47. The smallest absolute Gasteiger partial charge is 0.104 e. The molecule has 1 nitrogen and oxygen atoms in total. The molecule has 1 unspecified atom stereocenters. The van der Waals surface area contributed by atoms with Gasteiger partial charge in [0.25, 0.3) is 0 Å². The van der Waals surface area contributed by atoms with Gasteiger partial charge in [-0.2, -0.15) is 0 Å². The van der Waals surface area contributed by atoms with Gasteiger partial charge in [-0.1, -0.05) is 38.5 Å². The summed E-state index contributed by atoms with van der Waals surface area (Å²) >= 11 is 0. The average Bonchev–Trinajstić information content (AvgIpc) is 2.85. The van der Waals surface area contributed by atoms with Crippen LogP contribution in [0.4, 0.5) is 0 Å². The van der Waals surface area contributed by atoms with Gasteiger partial charge in [0.2, 0.25) is 0 Å². The molecule has 0 heterocycles. The topological polar surface area (TPSA) is 20.2 Å². The molecule has 1 N–H and O–H groups in total. The summed E-state index contributed by atoms with van der Waals surface area (Å²) in [6, 6.07) is 0. The Morgan fingerprint density at radius 2 is 2.08 bits per heavy atom. The minimum Gasteiger partial charge on any atom is -0.384 e. The molecule has 13 heavy (non-hydrogen) atoms. The van der Waals surface area contributed by atoms with Crippen LogP contribution in [0.5, 0.6) is 0 Å². The maximum absolute atomic E-state index is 8.47. The minimum atomic E-state index is 0.0211. The average molecular weight is 180 g/mol. The third-order valence-corrected chi connectivity index (χ3v) is 2.82. The molecule has 0 bridgehead atoms. The summed E-state index contributed by atoms with van der Waals surface area (Å²) in [7, 11) is 0. The highest BCUT2D eigenvalue weighted by Gasteiger charge is 2.34. The van der Waals surface area contributed by atoms with E-state index >= 15 is 0 Å². The third kappa shape index (κ3) is 4.33. The van der Waals surface area contributed by atoms with Gasteiger partial charge in [-0.15, -0.1) is 5.92 Å². The van der Waals surface area contributed by atoms with Gasteiger partial charge in [0, 0.05) is 6.42 Å². The van der Waals surface area contributed by atoms with E-state index in [4.69, 9.17) is 5.11 Å². The van der Waals surface area contributed by atoms with Crippen molar-refractivity contribution in [3.05, 3.63) is 0 Å². The molecule has 0 saturated heterocycles. The lowest BCUT2D eigenvalue weighted by Gasteiger charge is -1.96. The first-order valence-corrected chi connectivity index (χ1v) is 5.45. The quantitative estimate of drug-likeness (QED) is 0.509. The molecular weight excluding hydrogens is 160 g/mol. The molecule has 0 radical (unpaired) electrons. The van der Waals surface area contributed by atoms with Gasteiger partial charge < -0.3 is 5.11 Å². The van der Waals surface area contributed by atoms with Gasteiger partial charge >= 0.3 is 0 Å². The van der Waals surface area contributed by atoms with Crippen molar-refractivity contribution in [1.82, 2.24) is 0 Å². The van der Waals surface area contributed by atoms with E-state index in [9.17, 15) is 0 Å². The van der Waals surface area contributed by atoms with E-state index in [1.165, 1.54) is 32.1 Å². The third-order valence-electron chi connectivity index (χ3n) is 2.82. The predicted octanol–water partition coefficient (Wildman–Crippen LogP) is 2.59. The zero-order valence-electron chi connectivity index (χ0n) is 8.55. The van der Waals surface area contributed by atoms with Crippen molar-refractivity contribution in [3.8, 4) is 11.8 Å². The Labute approximate surface area is 81.5 Å². The SMILES string of the molecule is CCCCCC1C[C@H]1CC#CCO. The van der Waals surface area contributed by atoms with E-state index in [0.717, 1.165) is 18.3 Å². The van der Waals surface area contributed by atoms with E-state index in [1.807, 2.05) is 0 Å². The van der Waals surface area contributed by atoms with Crippen LogP contribution < -0.4 is 0 Å². The zero-order chi connectivity index (χ0) is 9.52. The first kappa shape index (κ1) is 10.6. The van der Waals surface area contributed by atoms with Crippen molar-refractivity contribution in [2.75, 3.05) is 6.61 Å². The highest BCUT2D eigenvalue weighted by atomic mass is 16.2.